The highest BCUT2D eigenvalue weighted by molar-refractivity contribution is 6.76. The van der Waals surface area contributed by atoms with Crippen molar-refractivity contribution < 1.29 is 24.2 Å². The molecule has 0 saturated carbocycles. The van der Waals surface area contributed by atoms with Gasteiger partial charge in [0, 0.05) is 14.5 Å². The second kappa shape index (κ2) is 9.77. The molecule has 1 aromatic carbocycles. The van der Waals surface area contributed by atoms with Gasteiger partial charge in [-0.15, -0.1) is 0 Å². The molecule has 1 aliphatic rings. The number of likely N-dealkylation sites (tertiary alicyclic amines) is 1. The normalized spacial score (nSPS) is 20.7. The third kappa shape index (κ3) is 6.32. The predicted octanol–water partition coefficient (Wildman–Crippen LogP) is 5.87. The van der Waals surface area contributed by atoms with Gasteiger partial charge in [-0.25, -0.2) is 14.6 Å². The molecule has 3 rings (SSSR count). The van der Waals surface area contributed by atoms with Crippen LogP contribution in [0.4, 0.5) is 4.79 Å². The van der Waals surface area contributed by atoms with Gasteiger partial charge >= 0.3 is 12.1 Å². The number of rotatable bonds is 7. The molecule has 0 radical (unpaired) electrons. The van der Waals surface area contributed by atoms with E-state index in [2.05, 4.69) is 36.2 Å². The van der Waals surface area contributed by atoms with Crippen molar-refractivity contribution >= 4 is 48.7 Å². The number of carboxylic acid groups (broad SMARTS) is 1. The van der Waals surface area contributed by atoms with Crippen LogP contribution in [-0.4, -0.2) is 63.9 Å². The average Bonchev–Trinajstić information content (AvgIpc) is 3.10. The Morgan fingerprint density at radius 3 is 2.57 bits per heavy atom. The van der Waals surface area contributed by atoms with E-state index in [4.69, 9.17) is 21.1 Å². The Kier molecular flexibility index (Phi) is 7.52. The van der Waals surface area contributed by atoms with Crippen molar-refractivity contribution in [2.75, 3.05) is 6.54 Å². The van der Waals surface area contributed by atoms with Crippen LogP contribution in [0.25, 0.3) is 17.0 Å². The van der Waals surface area contributed by atoms with Crippen LogP contribution in [0.2, 0.25) is 31.0 Å². The molecule has 0 aliphatic carbocycles. The zero-order valence-corrected chi connectivity index (χ0v) is 23.0. The van der Waals surface area contributed by atoms with Crippen molar-refractivity contribution in [2.24, 2.45) is 0 Å². The Morgan fingerprint density at radius 2 is 2.00 bits per heavy atom. The van der Waals surface area contributed by atoms with E-state index in [0.717, 1.165) is 11.6 Å². The molecule has 2 heterocycles. The van der Waals surface area contributed by atoms with Gasteiger partial charge in [0.25, 0.3) is 0 Å². The summed E-state index contributed by atoms with van der Waals surface area (Å²) in [6.07, 6.45) is 0.839. The van der Waals surface area contributed by atoms with Crippen molar-refractivity contribution in [3.05, 3.63) is 35.6 Å². The van der Waals surface area contributed by atoms with E-state index in [1.165, 1.54) is 4.90 Å². The SMILES string of the molecule is C=Cc1ccc2nc(Cl)nc(O[C@@H]3CN(C(=O)OC(C)(C)C)[C@](CC[Si](C)(C)C)(C(=O)O)C3)c2c1. The number of benzene rings is 1. The minimum Gasteiger partial charge on any atom is -0.479 e. The molecule has 0 unspecified atom stereocenters. The number of carbonyl (C=O) groups is 2. The van der Waals surface area contributed by atoms with Crippen LogP contribution in [0.3, 0.4) is 0 Å². The van der Waals surface area contributed by atoms with Gasteiger partial charge in [-0.05, 0) is 56.5 Å². The molecule has 1 amide bonds. The monoisotopic (exact) mass is 519 g/mol. The van der Waals surface area contributed by atoms with Crippen LogP contribution in [-0.2, 0) is 9.53 Å². The summed E-state index contributed by atoms with van der Waals surface area (Å²) in [6.45, 7) is 15.6. The van der Waals surface area contributed by atoms with E-state index in [-0.39, 0.29) is 24.1 Å². The number of aliphatic carboxylic acids is 1. The van der Waals surface area contributed by atoms with Crippen LogP contribution in [0.5, 0.6) is 5.88 Å². The summed E-state index contributed by atoms with van der Waals surface area (Å²) in [4.78, 5) is 35.8. The summed E-state index contributed by atoms with van der Waals surface area (Å²) >= 11 is 6.14. The number of hydrogen-bond acceptors (Lipinski definition) is 6. The van der Waals surface area contributed by atoms with Gasteiger partial charge < -0.3 is 14.6 Å². The average molecular weight is 520 g/mol. The lowest BCUT2D eigenvalue weighted by Gasteiger charge is -2.36. The van der Waals surface area contributed by atoms with E-state index in [1.54, 1.807) is 32.9 Å². The topological polar surface area (TPSA) is 102 Å². The van der Waals surface area contributed by atoms with Crippen LogP contribution < -0.4 is 4.74 Å². The van der Waals surface area contributed by atoms with Crippen molar-refractivity contribution in [3.8, 4) is 5.88 Å². The molecule has 0 bridgehead atoms. The summed E-state index contributed by atoms with van der Waals surface area (Å²) in [5.41, 5.74) is -0.760. The quantitative estimate of drug-likeness (QED) is 0.360. The van der Waals surface area contributed by atoms with Gasteiger partial charge in [0.15, 0.2) is 0 Å². The van der Waals surface area contributed by atoms with Crippen molar-refractivity contribution in [1.29, 1.82) is 0 Å². The number of ether oxygens (including phenoxy) is 2. The van der Waals surface area contributed by atoms with Crippen LogP contribution >= 0.6 is 11.6 Å². The highest BCUT2D eigenvalue weighted by Crippen LogP contribution is 2.39. The number of aromatic nitrogens is 2. The lowest BCUT2D eigenvalue weighted by molar-refractivity contribution is -0.149. The molecule has 2 aromatic rings. The molecule has 0 spiro atoms. The van der Waals surface area contributed by atoms with E-state index in [0.29, 0.717) is 17.3 Å². The van der Waals surface area contributed by atoms with E-state index >= 15 is 0 Å². The third-order valence-corrected chi connectivity index (χ3v) is 7.86. The summed E-state index contributed by atoms with van der Waals surface area (Å²) in [5.74, 6) is -0.823. The largest absolute Gasteiger partial charge is 0.479 e. The Balaban J connectivity index is 2.00. The zero-order chi connectivity index (χ0) is 26.2. The fourth-order valence-corrected chi connectivity index (χ4v) is 5.50. The van der Waals surface area contributed by atoms with Gasteiger partial charge in [0.2, 0.25) is 11.2 Å². The molecular weight excluding hydrogens is 486 g/mol. The second-order valence-corrected chi connectivity index (χ2v) is 17.2. The van der Waals surface area contributed by atoms with Crippen molar-refractivity contribution in [2.45, 2.75) is 76.5 Å². The highest BCUT2D eigenvalue weighted by Gasteiger charge is 2.55. The van der Waals surface area contributed by atoms with Crippen molar-refractivity contribution in [3.63, 3.8) is 0 Å². The summed E-state index contributed by atoms with van der Waals surface area (Å²) in [5, 5.41) is 11.0. The number of hydrogen-bond donors (Lipinski definition) is 1. The molecule has 1 aliphatic heterocycles. The van der Waals surface area contributed by atoms with E-state index in [1.807, 2.05) is 12.1 Å². The van der Waals surface area contributed by atoms with Gasteiger partial charge in [-0.1, -0.05) is 44.4 Å². The highest BCUT2D eigenvalue weighted by atomic mass is 35.5. The fraction of sp³-hybridized carbons (Fsp3) is 0.520. The lowest BCUT2D eigenvalue weighted by atomic mass is 9.92. The molecule has 1 aromatic heterocycles. The number of nitrogens with zero attached hydrogens (tertiary/aromatic N) is 3. The predicted molar refractivity (Wildman–Crippen MR) is 140 cm³/mol. The first kappa shape index (κ1) is 26.9. The first-order chi connectivity index (χ1) is 16.1. The molecule has 1 fully saturated rings. The summed E-state index contributed by atoms with van der Waals surface area (Å²) in [6, 6.07) is 6.22. The lowest BCUT2D eigenvalue weighted by Crippen LogP contribution is -2.54. The molecule has 2 atom stereocenters. The summed E-state index contributed by atoms with van der Waals surface area (Å²) in [7, 11) is -1.61. The molecule has 8 nitrogen and oxygen atoms in total. The number of halogens is 1. The van der Waals surface area contributed by atoms with Crippen molar-refractivity contribution in [1.82, 2.24) is 14.9 Å². The molecule has 10 heteroatoms. The number of fused-ring (bicyclic) bond motifs is 1. The number of carboxylic acids is 1. The minimum atomic E-state index is -1.61. The Morgan fingerprint density at radius 1 is 1.31 bits per heavy atom. The van der Waals surface area contributed by atoms with Crippen LogP contribution in [0.1, 0.15) is 39.2 Å². The third-order valence-electron chi connectivity index (χ3n) is 5.94. The maximum Gasteiger partial charge on any atom is 0.411 e. The zero-order valence-electron chi connectivity index (χ0n) is 21.2. The molecular formula is C25H34ClN3O5Si. The number of amides is 1. The van der Waals surface area contributed by atoms with Crippen LogP contribution in [0.15, 0.2) is 24.8 Å². The summed E-state index contributed by atoms with van der Waals surface area (Å²) < 4.78 is 11.8. The maximum atomic E-state index is 13.2. The smallest absolute Gasteiger partial charge is 0.411 e. The first-order valence-electron chi connectivity index (χ1n) is 11.6. The standard InChI is InChI=1S/C25H34ClN3O5Si/c1-8-16-9-10-19-18(13-16)20(28-22(26)27-19)33-17-14-25(21(30)31,11-12-35(5,6)7)29(15-17)23(32)34-24(2,3)4/h8-10,13,17H,1,11-12,14-15H2,2-7H3,(H,30,31)/t17-,25-/m0/s1. The molecule has 1 N–H and O–H groups in total. The van der Waals surface area contributed by atoms with Gasteiger partial charge in [-0.3, -0.25) is 4.90 Å². The molecule has 1 saturated heterocycles. The van der Waals surface area contributed by atoms with E-state index < -0.39 is 37.4 Å². The Bertz CT molecular complexity index is 1140. The Labute approximate surface area is 212 Å². The maximum absolute atomic E-state index is 13.2. The Hall–Kier alpha value is -2.65. The van der Waals surface area contributed by atoms with Gasteiger partial charge in [0.05, 0.1) is 17.4 Å². The second-order valence-electron chi connectivity index (χ2n) is 11.2. The first-order valence-corrected chi connectivity index (χ1v) is 15.7. The molecule has 190 valence electrons. The van der Waals surface area contributed by atoms with Gasteiger partial charge in [0.1, 0.15) is 17.2 Å². The number of carbonyl (C=O) groups excluding carboxylic acids is 1. The van der Waals surface area contributed by atoms with E-state index in [9.17, 15) is 14.7 Å². The van der Waals surface area contributed by atoms with Crippen LogP contribution in [0, 0.1) is 0 Å². The fourth-order valence-electron chi connectivity index (χ4n) is 4.17. The minimum absolute atomic E-state index is 0.0177. The van der Waals surface area contributed by atoms with Gasteiger partial charge in [-0.2, -0.15) is 4.98 Å². The molecule has 35 heavy (non-hydrogen) atoms.